The van der Waals surface area contributed by atoms with E-state index >= 15 is 0 Å². The summed E-state index contributed by atoms with van der Waals surface area (Å²) >= 11 is 0. The maximum atomic E-state index is 12.0. The third-order valence-corrected chi connectivity index (χ3v) is 3.27. The van der Waals surface area contributed by atoms with Gasteiger partial charge in [-0.2, -0.15) is 0 Å². The lowest BCUT2D eigenvalue weighted by atomic mass is 10.1. The first-order valence-corrected chi connectivity index (χ1v) is 6.21. The first kappa shape index (κ1) is 12.0. The first-order valence-electron chi connectivity index (χ1n) is 6.21. The van der Waals surface area contributed by atoms with Gasteiger partial charge in [0.1, 0.15) is 0 Å². The van der Waals surface area contributed by atoms with E-state index in [1.807, 2.05) is 25.1 Å². The van der Waals surface area contributed by atoms with E-state index in [1.165, 1.54) is 0 Å². The van der Waals surface area contributed by atoms with Gasteiger partial charge in [-0.15, -0.1) is 0 Å². The molecule has 1 fully saturated rings. The molecule has 1 aromatic rings. The Morgan fingerprint density at radius 3 is 2.65 bits per heavy atom. The number of benzene rings is 1. The summed E-state index contributed by atoms with van der Waals surface area (Å²) in [6.45, 7) is 7.07. The molecule has 3 heteroatoms. The zero-order chi connectivity index (χ0) is 12.5. The van der Waals surface area contributed by atoms with E-state index in [2.05, 4.69) is 24.5 Å². The molecule has 0 spiro atoms. The molecule has 17 heavy (non-hydrogen) atoms. The van der Waals surface area contributed by atoms with Crippen LogP contribution in [0.15, 0.2) is 18.2 Å². The predicted octanol–water partition coefficient (Wildman–Crippen LogP) is 2.71. The van der Waals surface area contributed by atoms with Crippen LogP contribution in [-0.2, 0) is 0 Å². The SMILES string of the molecule is CCNc1ccc(C(=O)NC2(C)CC2)cc1C. The van der Waals surface area contributed by atoms with Crippen LogP contribution in [-0.4, -0.2) is 18.0 Å². The molecule has 1 aromatic carbocycles. The molecule has 0 heterocycles. The van der Waals surface area contributed by atoms with Gasteiger partial charge in [-0.1, -0.05) is 0 Å². The molecule has 1 amide bonds. The zero-order valence-electron chi connectivity index (χ0n) is 10.8. The van der Waals surface area contributed by atoms with E-state index in [0.29, 0.717) is 0 Å². The van der Waals surface area contributed by atoms with Crippen molar-refractivity contribution < 1.29 is 4.79 Å². The molecule has 3 nitrogen and oxygen atoms in total. The second kappa shape index (κ2) is 4.40. The Labute approximate surface area is 103 Å². The highest BCUT2D eigenvalue weighted by Gasteiger charge is 2.38. The second-order valence-corrected chi connectivity index (χ2v) is 5.07. The summed E-state index contributed by atoms with van der Waals surface area (Å²) in [5.41, 5.74) is 3.00. The van der Waals surface area contributed by atoms with Crippen molar-refractivity contribution in [1.82, 2.24) is 5.32 Å². The maximum Gasteiger partial charge on any atom is 0.251 e. The average molecular weight is 232 g/mol. The largest absolute Gasteiger partial charge is 0.385 e. The van der Waals surface area contributed by atoms with Gasteiger partial charge in [-0.3, -0.25) is 4.79 Å². The van der Waals surface area contributed by atoms with Crippen LogP contribution >= 0.6 is 0 Å². The number of aryl methyl sites for hydroxylation is 1. The molecule has 0 bridgehead atoms. The van der Waals surface area contributed by atoms with Crippen LogP contribution in [0, 0.1) is 6.92 Å². The van der Waals surface area contributed by atoms with Gasteiger partial charge in [-0.25, -0.2) is 0 Å². The molecule has 0 unspecified atom stereocenters. The summed E-state index contributed by atoms with van der Waals surface area (Å²) in [5, 5.41) is 6.34. The summed E-state index contributed by atoms with van der Waals surface area (Å²) in [6.07, 6.45) is 2.18. The monoisotopic (exact) mass is 232 g/mol. The van der Waals surface area contributed by atoms with Crippen molar-refractivity contribution in [1.29, 1.82) is 0 Å². The van der Waals surface area contributed by atoms with E-state index in [-0.39, 0.29) is 11.4 Å². The van der Waals surface area contributed by atoms with Crippen LogP contribution in [0.4, 0.5) is 5.69 Å². The Hall–Kier alpha value is -1.51. The number of hydrogen-bond donors (Lipinski definition) is 2. The smallest absolute Gasteiger partial charge is 0.251 e. The fraction of sp³-hybridized carbons (Fsp3) is 0.500. The fourth-order valence-corrected chi connectivity index (χ4v) is 1.85. The lowest BCUT2D eigenvalue weighted by Gasteiger charge is -2.13. The van der Waals surface area contributed by atoms with E-state index in [0.717, 1.165) is 36.2 Å². The van der Waals surface area contributed by atoms with Crippen LogP contribution in [0.5, 0.6) is 0 Å². The minimum Gasteiger partial charge on any atom is -0.385 e. The minimum atomic E-state index is 0.0381. The van der Waals surface area contributed by atoms with E-state index in [1.54, 1.807) is 0 Å². The van der Waals surface area contributed by atoms with E-state index in [4.69, 9.17) is 0 Å². The lowest BCUT2D eigenvalue weighted by molar-refractivity contribution is 0.0935. The Morgan fingerprint density at radius 1 is 1.41 bits per heavy atom. The number of rotatable bonds is 4. The Balaban J connectivity index is 2.10. The van der Waals surface area contributed by atoms with Gasteiger partial charge >= 0.3 is 0 Å². The molecule has 1 aliphatic rings. The Bertz CT molecular complexity index is 436. The summed E-state index contributed by atoms with van der Waals surface area (Å²) < 4.78 is 0. The third-order valence-electron chi connectivity index (χ3n) is 3.27. The molecule has 0 radical (unpaired) electrons. The molecule has 1 aliphatic carbocycles. The lowest BCUT2D eigenvalue weighted by Crippen LogP contribution is -2.34. The number of hydrogen-bond acceptors (Lipinski definition) is 2. The second-order valence-electron chi connectivity index (χ2n) is 5.07. The van der Waals surface area contributed by atoms with Crippen LogP contribution in [0.25, 0.3) is 0 Å². The Kier molecular flexibility index (Phi) is 3.09. The standard InChI is InChI=1S/C14H20N2O/c1-4-15-12-6-5-11(9-10(12)2)13(17)16-14(3)7-8-14/h5-6,9,15H,4,7-8H2,1-3H3,(H,16,17). The highest BCUT2D eigenvalue weighted by Crippen LogP contribution is 2.34. The van der Waals surface area contributed by atoms with Gasteiger partial charge in [0.15, 0.2) is 0 Å². The average Bonchev–Trinajstić information content (AvgIpc) is 2.99. The zero-order valence-corrected chi connectivity index (χ0v) is 10.8. The fourth-order valence-electron chi connectivity index (χ4n) is 1.85. The third kappa shape index (κ3) is 2.78. The normalized spacial score (nSPS) is 16.4. The highest BCUT2D eigenvalue weighted by atomic mass is 16.1. The summed E-state index contributed by atoms with van der Waals surface area (Å²) in [5.74, 6) is 0.0381. The van der Waals surface area contributed by atoms with Gasteiger partial charge in [0.25, 0.3) is 5.91 Å². The van der Waals surface area contributed by atoms with Crippen LogP contribution in [0.2, 0.25) is 0 Å². The molecule has 1 saturated carbocycles. The van der Waals surface area contributed by atoms with Gasteiger partial charge in [0.2, 0.25) is 0 Å². The van der Waals surface area contributed by atoms with Gasteiger partial charge in [-0.05, 0) is 57.4 Å². The summed E-state index contributed by atoms with van der Waals surface area (Å²) in [6, 6.07) is 5.80. The Morgan fingerprint density at radius 2 is 2.12 bits per heavy atom. The van der Waals surface area contributed by atoms with E-state index in [9.17, 15) is 4.79 Å². The van der Waals surface area contributed by atoms with Crippen molar-refractivity contribution in [3.05, 3.63) is 29.3 Å². The van der Waals surface area contributed by atoms with Crippen molar-refractivity contribution in [2.45, 2.75) is 39.2 Å². The van der Waals surface area contributed by atoms with Crippen molar-refractivity contribution >= 4 is 11.6 Å². The number of nitrogens with one attached hydrogen (secondary N) is 2. The molecule has 0 aromatic heterocycles. The highest BCUT2D eigenvalue weighted by molar-refractivity contribution is 5.95. The quantitative estimate of drug-likeness (QED) is 0.838. The van der Waals surface area contributed by atoms with Crippen LogP contribution in [0.1, 0.15) is 42.6 Å². The van der Waals surface area contributed by atoms with Crippen molar-refractivity contribution in [2.75, 3.05) is 11.9 Å². The molecular weight excluding hydrogens is 212 g/mol. The maximum absolute atomic E-state index is 12.0. The molecule has 0 atom stereocenters. The van der Waals surface area contributed by atoms with Crippen molar-refractivity contribution in [3.8, 4) is 0 Å². The first-order chi connectivity index (χ1) is 8.04. The summed E-state index contributed by atoms with van der Waals surface area (Å²) in [4.78, 5) is 12.0. The molecule has 0 aliphatic heterocycles. The summed E-state index contributed by atoms with van der Waals surface area (Å²) in [7, 11) is 0. The van der Waals surface area contributed by atoms with Crippen molar-refractivity contribution in [2.24, 2.45) is 0 Å². The van der Waals surface area contributed by atoms with Gasteiger partial charge in [0, 0.05) is 23.3 Å². The molecular formula is C14H20N2O. The van der Waals surface area contributed by atoms with Crippen molar-refractivity contribution in [3.63, 3.8) is 0 Å². The minimum absolute atomic E-state index is 0.0381. The van der Waals surface area contributed by atoms with Gasteiger partial charge < -0.3 is 10.6 Å². The van der Waals surface area contributed by atoms with Crippen LogP contribution < -0.4 is 10.6 Å². The number of anilines is 1. The molecule has 2 N–H and O–H groups in total. The molecule has 92 valence electrons. The number of carbonyl (C=O) groups is 1. The molecule has 0 saturated heterocycles. The molecule has 2 rings (SSSR count). The topological polar surface area (TPSA) is 41.1 Å². The van der Waals surface area contributed by atoms with Crippen LogP contribution in [0.3, 0.4) is 0 Å². The van der Waals surface area contributed by atoms with E-state index < -0.39 is 0 Å². The van der Waals surface area contributed by atoms with Gasteiger partial charge in [0.05, 0.1) is 0 Å². The number of amides is 1. The predicted molar refractivity (Wildman–Crippen MR) is 70.4 cm³/mol. The number of carbonyl (C=O) groups excluding carboxylic acids is 1.